The standard InChI is InChI=1S/C24H34N2O4S/c1-5-17-15(4)31-23(20(17)22(28)25-16-9-7-6-8-10-16)26-21(27)18-11-13(2)14(3)12-19(18)24(29)30/h16,18-19H,5-12H2,1-4H3,(H,25,28)(H,26,27)(H,29,30)/t18-,19+/m1/s1. The van der Waals surface area contributed by atoms with Gasteiger partial charge in [-0.3, -0.25) is 14.4 Å². The average Bonchev–Trinajstić information content (AvgIpc) is 3.04. The summed E-state index contributed by atoms with van der Waals surface area (Å²) in [6.07, 6.45) is 6.97. The van der Waals surface area contributed by atoms with E-state index in [9.17, 15) is 19.5 Å². The molecule has 1 aromatic rings. The second kappa shape index (κ2) is 9.98. The van der Waals surface area contributed by atoms with Gasteiger partial charge in [-0.05, 0) is 58.4 Å². The number of amides is 2. The average molecular weight is 447 g/mol. The molecule has 0 aliphatic heterocycles. The molecule has 3 rings (SSSR count). The number of nitrogens with one attached hydrogen (secondary N) is 2. The van der Waals surface area contributed by atoms with Crippen molar-refractivity contribution in [3.63, 3.8) is 0 Å². The monoisotopic (exact) mass is 446 g/mol. The predicted octanol–water partition coefficient (Wildman–Crippen LogP) is 5.07. The maximum Gasteiger partial charge on any atom is 0.307 e. The quantitative estimate of drug-likeness (QED) is 0.532. The third-order valence-electron chi connectivity index (χ3n) is 6.89. The molecule has 0 spiro atoms. The first kappa shape index (κ1) is 23.5. The van der Waals surface area contributed by atoms with Gasteiger partial charge in [-0.25, -0.2) is 0 Å². The lowest BCUT2D eigenvalue weighted by atomic mass is 9.76. The highest BCUT2D eigenvalue weighted by atomic mass is 32.1. The van der Waals surface area contributed by atoms with E-state index < -0.39 is 17.8 Å². The van der Waals surface area contributed by atoms with Crippen LogP contribution in [0.5, 0.6) is 0 Å². The maximum atomic E-state index is 13.2. The largest absolute Gasteiger partial charge is 0.481 e. The Morgan fingerprint density at radius 1 is 1.00 bits per heavy atom. The van der Waals surface area contributed by atoms with E-state index >= 15 is 0 Å². The van der Waals surface area contributed by atoms with Gasteiger partial charge in [0.25, 0.3) is 5.91 Å². The van der Waals surface area contributed by atoms with Gasteiger partial charge in [-0.2, -0.15) is 0 Å². The predicted molar refractivity (Wildman–Crippen MR) is 124 cm³/mol. The van der Waals surface area contributed by atoms with Crippen LogP contribution >= 0.6 is 11.3 Å². The van der Waals surface area contributed by atoms with Crippen molar-refractivity contribution in [2.24, 2.45) is 11.8 Å². The first-order valence-corrected chi connectivity index (χ1v) is 12.2. The summed E-state index contributed by atoms with van der Waals surface area (Å²) in [5, 5.41) is 16.3. The normalized spacial score (nSPS) is 22.3. The fourth-order valence-electron chi connectivity index (χ4n) is 4.87. The number of aliphatic carboxylic acids is 1. The summed E-state index contributed by atoms with van der Waals surface area (Å²) in [6.45, 7) is 7.87. The summed E-state index contributed by atoms with van der Waals surface area (Å²) < 4.78 is 0. The molecule has 2 aliphatic rings. The molecule has 1 fully saturated rings. The number of carbonyl (C=O) groups excluding carboxylic acids is 2. The zero-order valence-electron chi connectivity index (χ0n) is 19.0. The van der Waals surface area contributed by atoms with Crippen molar-refractivity contribution in [2.45, 2.75) is 85.1 Å². The molecule has 3 N–H and O–H groups in total. The molecule has 0 radical (unpaired) electrons. The van der Waals surface area contributed by atoms with Crippen molar-refractivity contribution >= 4 is 34.1 Å². The summed E-state index contributed by atoms with van der Waals surface area (Å²) in [6, 6.07) is 0.181. The molecular weight excluding hydrogens is 412 g/mol. The summed E-state index contributed by atoms with van der Waals surface area (Å²) in [7, 11) is 0. The second-order valence-electron chi connectivity index (χ2n) is 9.01. The lowest BCUT2D eigenvalue weighted by molar-refractivity contribution is -0.146. The zero-order chi connectivity index (χ0) is 22.7. The number of rotatable bonds is 6. The van der Waals surface area contributed by atoms with Gasteiger partial charge in [0, 0.05) is 10.9 Å². The fourth-order valence-corrected chi connectivity index (χ4v) is 6.01. The van der Waals surface area contributed by atoms with Crippen LogP contribution in [0.1, 0.15) is 86.5 Å². The minimum atomic E-state index is -0.945. The number of carbonyl (C=O) groups is 3. The van der Waals surface area contributed by atoms with Gasteiger partial charge in [0.15, 0.2) is 0 Å². The number of carboxylic acids is 1. The molecule has 2 atom stereocenters. The first-order valence-electron chi connectivity index (χ1n) is 11.3. The van der Waals surface area contributed by atoms with E-state index in [4.69, 9.17) is 0 Å². The van der Waals surface area contributed by atoms with Gasteiger partial charge in [0.05, 0.1) is 17.4 Å². The number of hydrogen-bond donors (Lipinski definition) is 3. The number of carboxylic acid groups (broad SMARTS) is 1. The number of hydrogen-bond acceptors (Lipinski definition) is 4. The molecule has 7 heteroatoms. The second-order valence-corrected chi connectivity index (χ2v) is 10.2. The van der Waals surface area contributed by atoms with E-state index in [0.29, 0.717) is 29.8 Å². The Balaban J connectivity index is 1.84. The highest BCUT2D eigenvalue weighted by Crippen LogP contribution is 2.38. The van der Waals surface area contributed by atoms with Gasteiger partial charge < -0.3 is 15.7 Å². The molecule has 0 unspecified atom stereocenters. The lowest BCUT2D eigenvalue weighted by Crippen LogP contribution is -2.38. The lowest BCUT2D eigenvalue weighted by Gasteiger charge is -2.29. The van der Waals surface area contributed by atoms with Crippen LogP contribution in [0.4, 0.5) is 5.00 Å². The zero-order valence-corrected chi connectivity index (χ0v) is 19.8. The Bertz CT molecular complexity index is 896. The van der Waals surface area contributed by atoms with E-state index in [2.05, 4.69) is 10.6 Å². The molecule has 2 amide bonds. The van der Waals surface area contributed by atoms with Gasteiger partial charge in [0.2, 0.25) is 5.91 Å². The van der Waals surface area contributed by atoms with Crippen molar-refractivity contribution < 1.29 is 19.5 Å². The maximum absolute atomic E-state index is 13.2. The molecule has 0 saturated heterocycles. The van der Waals surface area contributed by atoms with Gasteiger partial charge in [0.1, 0.15) is 5.00 Å². The van der Waals surface area contributed by atoms with Crippen LogP contribution in [0.25, 0.3) is 0 Å². The number of allylic oxidation sites excluding steroid dienone is 2. The van der Waals surface area contributed by atoms with Gasteiger partial charge >= 0.3 is 5.97 Å². The van der Waals surface area contributed by atoms with Crippen LogP contribution in [-0.2, 0) is 16.0 Å². The van der Waals surface area contributed by atoms with E-state index in [1.165, 1.54) is 17.8 Å². The smallest absolute Gasteiger partial charge is 0.307 e. The minimum Gasteiger partial charge on any atom is -0.481 e. The minimum absolute atomic E-state index is 0.131. The molecule has 31 heavy (non-hydrogen) atoms. The van der Waals surface area contributed by atoms with Crippen LogP contribution in [0.3, 0.4) is 0 Å². The van der Waals surface area contributed by atoms with Gasteiger partial charge in [-0.1, -0.05) is 37.3 Å². The topological polar surface area (TPSA) is 95.5 Å². The van der Waals surface area contributed by atoms with Gasteiger partial charge in [-0.15, -0.1) is 11.3 Å². The molecule has 1 heterocycles. The van der Waals surface area contributed by atoms with Crippen molar-refractivity contribution in [2.75, 3.05) is 5.32 Å². The Morgan fingerprint density at radius 3 is 2.19 bits per heavy atom. The molecule has 1 aromatic heterocycles. The molecule has 6 nitrogen and oxygen atoms in total. The van der Waals surface area contributed by atoms with E-state index in [1.54, 1.807) is 0 Å². The number of aryl methyl sites for hydroxylation is 1. The van der Waals surface area contributed by atoms with Crippen LogP contribution in [0.15, 0.2) is 11.1 Å². The van der Waals surface area contributed by atoms with E-state index in [0.717, 1.165) is 47.3 Å². The van der Waals surface area contributed by atoms with Crippen LogP contribution in [0.2, 0.25) is 0 Å². The molecular formula is C24H34N2O4S. The summed E-state index contributed by atoms with van der Waals surface area (Å²) >= 11 is 1.41. The Hall–Kier alpha value is -2.15. The van der Waals surface area contributed by atoms with E-state index in [1.807, 2.05) is 27.7 Å². The molecule has 1 saturated carbocycles. The van der Waals surface area contributed by atoms with E-state index in [-0.39, 0.29) is 17.9 Å². The van der Waals surface area contributed by atoms with Crippen molar-refractivity contribution in [1.82, 2.24) is 5.32 Å². The number of thiophene rings is 1. The molecule has 0 aromatic carbocycles. The molecule has 2 aliphatic carbocycles. The highest BCUT2D eigenvalue weighted by Gasteiger charge is 2.38. The SMILES string of the molecule is CCc1c(C)sc(NC(=O)[C@@H]2CC(C)=C(C)C[C@@H]2C(=O)O)c1C(=O)NC1CCCCC1. The summed E-state index contributed by atoms with van der Waals surface area (Å²) in [5.74, 6) is -2.76. The molecule has 170 valence electrons. The fraction of sp³-hybridized carbons (Fsp3) is 0.625. The Kier molecular flexibility index (Phi) is 7.57. The highest BCUT2D eigenvalue weighted by molar-refractivity contribution is 7.16. The number of anilines is 1. The third-order valence-corrected chi connectivity index (χ3v) is 7.95. The van der Waals surface area contributed by atoms with Crippen molar-refractivity contribution in [3.05, 3.63) is 27.2 Å². The Morgan fingerprint density at radius 2 is 1.61 bits per heavy atom. The summed E-state index contributed by atoms with van der Waals surface area (Å²) in [5.41, 5.74) is 3.63. The first-order chi connectivity index (χ1) is 14.7. The Labute approximate surface area is 188 Å². The summed E-state index contributed by atoms with van der Waals surface area (Å²) in [4.78, 5) is 39.2. The van der Waals surface area contributed by atoms with Crippen molar-refractivity contribution in [1.29, 1.82) is 0 Å². The van der Waals surface area contributed by atoms with Crippen LogP contribution in [-0.4, -0.2) is 28.9 Å². The molecule has 0 bridgehead atoms. The van der Waals surface area contributed by atoms with Crippen LogP contribution < -0.4 is 10.6 Å². The third kappa shape index (κ3) is 5.20. The van der Waals surface area contributed by atoms with Crippen LogP contribution in [0, 0.1) is 18.8 Å². The van der Waals surface area contributed by atoms with Crippen molar-refractivity contribution in [3.8, 4) is 0 Å².